The van der Waals surface area contributed by atoms with Gasteiger partial charge in [-0.25, -0.2) is 12.8 Å². The first kappa shape index (κ1) is 19.2. The number of carbonyl (C=O) groups is 1. The van der Waals surface area contributed by atoms with Gasteiger partial charge in [-0.2, -0.15) is 4.31 Å². The molecule has 1 aliphatic rings. The third-order valence-electron chi connectivity index (χ3n) is 3.86. The number of halogens is 2. The predicted molar refractivity (Wildman–Crippen MR) is 103 cm³/mol. The van der Waals surface area contributed by atoms with Crippen LogP contribution < -0.4 is 5.32 Å². The molecule has 1 N–H and O–H groups in total. The van der Waals surface area contributed by atoms with E-state index < -0.39 is 26.6 Å². The standard InChI is InChI=1S/C17H16FIN2O4S/c18-15-5-4-14(20-17(22)12-2-1-3-13(19)10-12)11-16(15)26(23,24)21-6-8-25-9-7-21/h1-5,10-11H,6-9H2,(H,20,22). The van der Waals surface area contributed by atoms with Crippen molar-refractivity contribution in [1.29, 1.82) is 0 Å². The topological polar surface area (TPSA) is 75.7 Å². The molecule has 26 heavy (non-hydrogen) atoms. The lowest BCUT2D eigenvalue weighted by atomic mass is 10.2. The second-order valence-electron chi connectivity index (χ2n) is 5.63. The molecule has 1 saturated heterocycles. The normalized spacial score (nSPS) is 15.6. The molecule has 1 fully saturated rings. The van der Waals surface area contributed by atoms with Gasteiger partial charge in [0.15, 0.2) is 0 Å². The van der Waals surface area contributed by atoms with E-state index in [2.05, 4.69) is 27.9 Å². The van der Waals surface area contributed by atoms with E-state index in [1.807, 2.05) is 6.07 Å². The van der Waals surface area contributed by atoms with Gasteiger partial charge in [-0.3, -0.25) is 4.79 Å². The zero-order valence-corrected chi connectivity index (χ0v) is 16.6. The average molecular weight is 490 g/mol. The number of hydrogen-bond donors (Lipinski definition) is 1. The summed E-state index contributed by atoms with van der Waals surface area (Å²) in [5.41, 5.74) is 0.640. The van der Waals surface area contributed by atoms with Crippen LogP contribution >= 0.6 is 22.6 Å². The fraction of sp³-hybridized carbons (Fsp3) is 0.235. The number of ether oxygens (including phenoxy) is 1. The second-order valence-corrected chi connectivity index (χ2v) is 8.78. The maximum atomic E-state index is 14.2. The van der Waals surface area contributed by atoms with Gasteiger partial charge in [-0.05, 0) is 59.0 Å². The molecule has 3 rings (SSSR count). The summed E-state index contributed by atoms with van der Waals surface area (Å²) >= 11 is 2.09. The fourth-order valence-electron chi connectivity index (χ4n) is 2.54. The number of benzene rings is 2. The molecule has 0 bridgehead atoms. The molecular formula is C17H16FIN2O4S. The van der Waals surface area contributed by atoms with Crippen molar-refractivity contribution < 1.29 is 22.3 Å². The van der Waals surface area contributed by atoms with Gasteiger partial charge in [-0.1, -0.05) is 6.07 Å². The van der Waals surface area contributed by atoms with Crippen molar-refractivity contribution in [3.63, 3.8) is 0 Å². The first-order chi connectivity index (χ1) is 12.4. The first-order valence-corrected chi connectivity index (χ1v) is 10.3. The molecular weight excluding hydrogens is 474 g/mol. The van der Waals surface area contributed by atoms with Crippen molar-refractivity contribution in [3.8, 4) is 0 Å². The van der Waals surface area contributed by atoms with Crippen LogP contribution in [-0.4, -0.2) is 44.9 Å². The van der Waals surface area contributed by atoms with Crippen molar-refractivity contribution in [1.82, 2.24) is 4.31 Å². The number of sulfonamides is 1. The van der Waals surface area contributed by atoms with E-state index in [0.717, 1.165) is 15.7 Å². The van der Waals surface area contributed by atoms with Gasteiger partial charge < -0.3 is 10.1 Å². The number of hydrogen-bond acceptors (Lipinski definition) is 4. The highest BCUT2D eigenvalue weighted by Crippen LogP contribution is 2.24. The van der Waals surface area contributed by atoms with Gasteiger partial charge in [0.2, 0.25) is 10.0 Å². The van der Waals surface area contributed by atoms with Crippen LogP contribution in [0.3, 0.4) is 0 Å². The van der Waals surface area contributed by atoms with Crippen LogP contribution in [0.15, 0.2) is 47.4 Å². The zero-order valence-electron chi connectivity index (χ0n) is 13.6. The summed E-state index contributed by atoms with van der Waals surface area (Å²) in [6, 6.07) is 10.5. The van der Waals surface area contributed by atoms with E-state index in [9.17, 15) is 17.6 Å². The summed E-state index contributed by atoms with van der Waals surface area (Å²) in [4.78, 5) is 11.9. The first-order valence-electron chi connectivity index (χ1n) is 7.82. The maximum Gasteiger partial charge on any atom is 0.255 e. The molecule has 1 amide bonds. The summed E-state index contributed by atoms with van der Waals surface area (Å²) in [7, 11) is -4.00. The molecule has 0 radical (unpaired) electrons. The minimum Gasteiger partial charge on any atom is -0.379 e. The Hall–Kier alpha value is -1.56. The Bertz CT molecular complexity index is 930. The summed E-state index contributed by atoms with van der Waals surface area (Å²) in [5, 5.41) is 2.61. The van der Waals surface area contributed by atoms with Gasteiger partial charge in [0.05, 0.1) is 13.2 Å². The second kappa shape index (κ2) is 7.99. The molecule has 1 aliphatic heterocycles. The number of morpholine rings is 1. The van der Waals surface area contributed by atoms with Crippen molar-refractivity contribution in [3.05, 3.63) is 57.4 Å². The Balaban J connectivity index is 1.86. The highest BCUT2D eigenvalue weighted by Gasteiger charge is 2.29. The van der Waals surface area contributed by atoms with Crippen molar-refractivity contribution >= 4 is 44.2 Å². The smallest absolute Gasteiger partial charge is 0.255 e. The van der Waals surface area contributed by atoms with Crippen LogP contribution in [0.5, 0.6) is 0 Å². The largest absolute Gasteiger partial charge is 0.379 e. The molecule has 2 aromatic carbocycles. The zero-order chi connectivity index (χ0) is 18.7. The maximum absolute atomic E-state index is 14.2. The third-order valence-corrected chi connectivity index (χ3v) is 6.45. The van der Waals surface area contributed by atoms with Gasteiger partial charge in [0.25, 0.3) is 5.91 Å². The van der Waals surface area contributed by atoms with Crippen molar-refractivity contribution in [2.24, 2.45) is 0 Å². The number of rotatable bonds is 4. The summed E-state index contributed by atoms with van der Waals surface area (Å²) < 4.78 is 46.8. The summed E-state index contributed by atoms with van der Waals surface area (Å²) in [5.74, 6) is -1.26. The molecule has 0 spiro atoms. The SMILES string of the molecule is O=C(Nc1ccc(F)c(S(=O)(=O)N2CCOCC2)c1)c1cccc(I)c1. The van der Waals surface area contributed by atoms with E-state index in [4.69, 9.17) is 4.74 Å². The monoisotopic (exact) mass is 490 g/mol. The Morgan fingerprint density at radius 2 is 1.88 bits per heavy atom. The lowest BCUT2D eigenvalue weighted by Gasteiger charge is -2.26. The molecule has 138 valence electrons. The molecule has 0 aromatic heterocycles. The van der Waals surface area contributed by atoms with E-state index in [1.54, 1.807) is 18.2 Å². The minimum atomic E-state index is -4.00. The number of carbonyl (C=O) groups excluding carboxylic acids is 1. The molecule has 9 heteroatoms. The predicted octanol–water partition coefficient (Wildman–Crippen LogP) is 2.70. The van der Waals surface area contributed by atoms with Crippen LogP contribution in [-0.2, 0) is 14.8 Å². The molecule has 2 aromatic rings. The highest BCUT2D eigenvalue weighted by molar-refractivity contribution is 14.1. The van der Waals surface area contributed by atoms with E-state index in [-0.39, 0.29) is 32.0 Å². The molecule has 6 nitrogen and oxygen atoms in total. The van der Waals surface area contributed by atoms with Crippen LogP contribution in [0.1, 0.15) is 10.4 Å². The molecule has 1 heterocycles. The van der Waals surface area contributed by atoms with Gasteiger partial charge in [-0.15, -0.1) is 0 Å². The van der Waals surface area contributed by atoms with Gasteiger partial charge in [0.1, 0.15) is 10.7 Å². The summed E-state index contributed by atoms with van der Waals surface area (Å²) in [6.45, 7) is 0.870. The van der Waals surface area contributed by atoms with Gasteiger partial charge in [0, 0.05) is 27.9 Å². The lowest BCUT2D eigenvalue weighted by Crippen LogP contribution is -2.40. The minimum absolute atomic E-state index is 0.167. The molecule has 0 aliphatic carbocycles. The van der Waals surface area contributed by atoms with Crippen molar-refractivity contribution in [2.75, 3.05) is 31.6 Å². The number of nitrogens with one attached hydrogen (secondary N) is 1. The number of nitrogens with zero attached hydrogens (tertiary/aromatic N) is 1. The van der Waals surface area contributed by atoms with E-state index in [0.29, 0.717) is 5.56 Å². The van der Waals surface area contributed by atoms with Crippen LogP contribution in [0.2, 0.25) is 0 Å². The van der Waals surface area contributed by atoms with Gasteiger partial charge >= 0.3 is 0 Å². The average Bonchev–Trinajstić information content (AvgIpc) is 2.64. The summed E-state index contributed by atoms with van der Waals surface area (Å²) in [6.07, 6.45) is 0. The Morgan fingerprint density at radius 3 is 2.58 bits per heavy atom. The number of amides is 1. The van der Waals surface area contributed by atoms with Crippen LogP contribution in [0.25, 0.3) is 0 Å². The van der Waals surface area contributed by atoms with E-state index in [1.165, 1.54) is 10.4 Å². The molecule has 0 saturated carbocycles. The molecule has 0 unspecified atom stereocenters. The molecule has 0 atom stereocenters. The third kappa shape index (κ3) is 4.22. The Morgan fingerprint density at radius 1 is 1.15 bits per heavy atom. The van der Waals surface area contributed by atoms with E-state index >= 15 is 0 Å². The Labute approximate surface area is 164 Å². The Kier molecular flexibility index (Phi) is 5.90. The van der Waals surface area contributed by atoms with Crippen LogP contribution in [0, 0.1) is 9.39 Å². The quantitative estimate of drug-likeness (QED) is 0.670. The number of anilines is 1. The van der Waals surface area contributed by atoms with Crippen molar-refractivity contribution in [2.45, 2.75) is 4.90 Å². The fourth-order valence-corrected chi connectivity index (χ4v) is 4.58. The van der Waals surface area contributed by atoms with Crippen LogP contribution in [0.4, 0.5) is 10.1 Å². The highest BCUT2D eigenvalue weighted by atomic mass is 127. The lowest BCUT2D eigenvalue weighted by molar-refractivity contribution is 0.0729.